The average molecular weight is 686 g/mol. The third-order valence-electron chi connectivity index (χ3n) is 8.12. The van der Waals surface area contributed by atoms with Crippen molar-refractivity contribution in [3.05, 3.63) is 145 Å². The SMILES string of the molecule is N#C/C(=C\C1CNNC1c1ccccc1)c1nc(-c2cccc([N+](=O)[O-])c2)cs1.N#C/C(=C\C1CNNC1c1ccccc1)c1nccs1. The Balaban J connectivity index is 0.000000182. The van der Waals surface area contributed by atoms with Crippen molar-refractivity contribution in [3.8, 4) is 23.4 Å². The number of benzene rings is 3. The monoisotopic (exact) mass is 685 g/mol. The highest BCUT2D eigenvalue weighted by atomic mass is 32.1. The molecule has 5 aromatic rings. The fourth-order valence-corrected chi connectivity index (χ4v) is 7.14. The van der Waals surface area contributed by atoms with Crippen LogP contribution in [0.5, 0.6) is 0 Å². The Morgan fingerprint density at radius 2 is 1.41 bits per heavy atom. The first kappa shape index (κ1) is 33.5. The molecule has 3 aromatic carbocycles. The van der Waals surface area contributed by atoms with E-state index in [1.54, 1.807) is 18.3 Å². The lowest BCUT2D eigenvalue weighted by Crippen LogP contribution is -2.24. The molecule has 0 bridgehead atoms. The maximum Gasteiger partial charge on any atom is 0.270 e. The molecule has 2 fully saturated rings. The number of hydrazine groups is 2. The predicted octanol–water partition coefficient (Wildman–Crippen LogP) is 6.61. The summed E-state index contributed by atoms with van der Waals surface area (Å²) < 4.78 is 0. The van der Waals surface area contributed by atoms with Gasteiger partial charge >= 0.3 is 0 Å². The van der Waals surface area contributed by atoms with Gasteiger partial charge in [-0.2, -0.15) is 10.5 Å². The zero-order valence-electron chi connectivity index (χ0n) is 26.1. The molecule has 2 aliphatic heterocycles. The first-order valence-corrected chi connectivity index (χ1v) is 17.2. The molecule has 2 aromatic heterocycles. The number of thiazole rings is 2. The molecular weight excluding hydrogens is 655 g/mol. The summed E-state index contributed by atoms with van der Waals surface area (Å²) in [7, 11) is 0. The molecule has 4 heterocycles. The number of nitro benzene ring substituents is 1. The number of nitriles is 2. The molecule has 0 amide bonds. The van der Waals surface area contributed by atoms with Crippen molar-refractivity contribution in [2.45, 2.75) is 12.1 Å². The van der Waals surface area contributed by atoms with E-state index in [0.717, 1.165) is 17.1 Å². The molecule has 49 heavy (non-hydrogen) atoms. The van der Waals surface area contributed by atoms with E-state index in [1.165, 1.54) is 40.4 Å². The van der Waals surface area contributed by atoms with Crippen molar-refractivity contribution in [2.75, 3.05) is 13.1 Å². The number of rotatable bonds is 8. The molecule has 0 saturated carbocycles. The summed E-state index contributed by atoms with van der Waals surface area (Å²) in [6, 6.07) is 31.4. The lowest BCUT2D eigenvalue weighted by molar-refractivity contribution is -0.384. The summed E-state index contributed by atoms with van der Waals surface area (Å²) in [5, 5.41) is 35.1. The van der Waals surface area contributed by atoms with Crippen LogP contribution in [0, 0.1) is 44.6 Å². The fraction of sp³-hybridized carbons (Fsp3) is 0.167. The van der Waals surface area contributed by atoms with Crippen LogP contribution in [0.3, 0.4) is 0 Å². The topological polar surface area (TPSA) is 165 Å². The summed E-state index contributed by atoms with van der Waals surface area (Å²) in [5.74, 6) is 0.327. The molecule has 11 nitrogen and oxygen atoms in total. The Bertz CT molecular complexity index is 2020. The van der Waals surface area contributed by atoms with Gasteiger partial charge < -0.3 is 0 Å². The zero-order valence-corrected chi connectivity index (χ0v) is 27.7. The van der Waals surface area contributed by atoms with Crippen molar-refractivity contribution >= 4 is 39.5 Å². The number of hydrogen-bond acceptors (Lipinski definition) is 12. The van der Waals surface area contributed by atoms with Gasteiger partial charge in [0, 0.05) is 59.6 Å². The molecule has 4 unspecified atom stereocenters. The van der Waals surface area contributed by atoms with Crippen LogP contribution in [0.2, 0.25) is 0 Å². The van der Waals surface area contributed by atoms with Crippen molar-refractivity contribution in [2.24, 2.45) is 11.8 Å². The smallest absolute Gasteiger partial charge is 0.258 e. The zero-order chi connectivity index (χ0) is 34.0. The van der Waals surface area contributed by atoms with Crippen molar-refractivity contribution in [1.82, 2.24) is 31.7 Å². The second-order valence-electron chi connectivity index (χ2n) is 11.2. The van der Waals surface area contributed by atoms with E-state index in [-0.39, 0.29) is 29.6 Å². The van der Waals surface area contributed by atoms with E-state index in [2.05, 4.69) is 68.1 Å². The van der Waals surface area contributed by atoms with Crippen LogP contribution >= 0.6 is 22.7 Å². The van der Waals surface area contributed by atoms with Crippen LogP contribution in [-0.4, -0.2) is 28.0 Å². The minimum atomic E-state index is -0.429. The molecule has 244 valence electrons. The number of nitrogens with one attached hydrogen (secondary N) is 4. The number of nitrogens with zero attached hydrogens (tertiary/aromatic N) is 5. The summed E-state index contributed by atoms with van der Waals surface area (Å²) in [4.78, 5) is 19.4. The maximum atomic E-state index is 11.0. The minimum Gasteiger partial charge on any atom is -0.258 e. The molecule has 4 atom stereocenters. The molecule has 4 N–H and O–H groups in total. The molecule has 13 heteroatoms. The third kappa shape index (κ3) is 8.20. The van der Waals surface area contributed by atoms with E-state index in [0.29, 0.717) is 34.0 Å². The lowest BCUT2D eigenvalue weighted by Gasteiger charge is -2.15. The van der Waals surface area contributed by atoms with Gasteiger partial charge in [-0.25, -0.2) is 20.8 Å². The van der Waals surface area contributed by atoms with Crippen LogP contribution in [0.15, 0.2) is 114 Å². The standard InChI is InChI=1S/C21H17N5O2S.C15H14N4S/c22-11-16(9-17-12-23-25-20(17)14-5-2-1-3-6-14)21-24-19(13-29-21)15-7-4-8-18(10-15)26(27)28;16-9-12(15-17-6-7-20-15)8-13-10-18-19-14(13)11-4-2-1-3-5-11/h1-10,13,17,20,23,25H,12H2;1-8,13-14,18-19H,10H2/b16-9+;12-8+. The summed E-state index contributed by atoms with van der Waals surface area (Å²) in [6.07, 6.45) is 5.69. The molecule has 2 aliphatic rings. The van der Waals surface area contributed by atoms with Crippen LogP contribution in [0.4, 0.5) is 5.69 Å². The predicted molar refractivity (Wildman–Crippen MR) is 191 cm³/mol. The van der Waals surface area contributed by atoms with Crippen LogP contribution in [0.25, 0.3) is 22.4 Å². The Hall–Kier alpha value is -5.38. The highest BCUT2D eigenvalue weighted by Gasteiger charge is 2.28. The first-order chi connectivity index (χ1) is 24.0. The van der Waals surface area contributed by atoms with E-state index >= 15 is 0 Å². The van der Waals surface area contributed by atoms with E-state index in [1.807, 2.05) is 59.3 Å². The third-order valence-corrected chi connectivity index (χ3v) is 9.80. The molecule has 0 spiro atoms. The molecular formula is C36H31N9O2S2. The van der Waals surface area contributed by atoms with Crippen LogP contribution in [-0.2, 0) is 0 Å². The van der Waals surface area contributed by atoms with E-state index < -0.39 is 4.92 Å². The quantitative estimate of drug-likeness (QED) is 0.0794. The van der Waals surface area contributed by atoms with Crippen molar-refractivity contribution < 1.29 is 4.92 Å². The Labute approximate surface area is 291 Å². The van der Waals surface area contributed by atoms with E-state index in [9.17, 15) is 20.6 Å². The largest absolute Gasteiger partial charge is 0.270 e. The summed E-state index contributed by atoms with van der Waals surface area (Å²) in [5.41, 5.74) is 17.7. The molecule has 7 rings (SSSR count). The normalized spacial score (nSPS) is 20.5. The summed E-state index contributed by atoms with van der Waals surface area (Å²) in [6.45, 7) is 1.50. The number of hydrogen-bond donors (Lipinski definition) is 4. The Morgan fingerprint density at radius 3 is 1.94 bits per heavy atom. The van der Waals surface area contributed by atoms with Gasteiger partial charge in [-0.05, 0) is 11.1 Å². The number of aromatic nitrogens is 2. The van der Waals surface area contributed by atoms with Crippen LogP contribution < -0.4 is 21.7 Å². The van der Waals surface area contributed by atoms with Gasteiger partial charge in [-0.3, -0.25) is 21.0 Å². The van der Waals surface area contributed by atoms with Crippen LogP contribution in [0.1, 0.15) is 33.2 Å². The number of nitro groups is 1. The second-order valence-corrected chi connectivity index (χ2v) is 13.0. The maximum absolute atomic E-state index is 11.0. The Kier molecular flexibility index (Phi) is 11.0. The van der Waals surface area contributed by atoms with Gasteiger partial charge in [0.2, 0.25) is 0 Å². The average Bonchev–Trinajstić information content (AvgIpc) is 3.99. The van der Waals surface area contributed by atoms with Crippen molar-refractivity contribution in [1.29, 1.82) is 10.5 Å². The molecule has 0 radical (unpaired) electrons. The number of allylic oxidation sites excluding steroid dienone is 2. The highest BCUT2D eigenvalue weighted by Crippen LogP contribution is 2.32. The number of non-ortho nitro benzene ring substituents is 1. The molecule has 2 saturated heterocycles. The van der Waals surface area contributed by atoms with Gasteiger partial charge in [0.1, 0.15) is 22.2 Å². The van der Waals surface area contributed by atoms with Gasteiger partial charge in [0.15, 0.2) is 0 Å². The first-order valence-electron chi connectivity index (χ1n) is 15.4. The van der Waals surface area contributed by atoms with E-state index in [4.69, 9.17) is 0 Å². The van der Waals surface area contributed by atoms with Gasteiger partial charge in [0.05, 0.1) is 33.8 Å². The highest BCUT2D eigenvalue weighted by molar-refractivity contribution is 7.11. The van der Waals surface area contributed by atoms with Gasteiger partial charge in [-0.1, -0.05) is 84.9 Å². The fourth-order valence-electron chi connectivity index (χ4n) is 5.72. The Morgan fingerprint density at radius 1 is 0.816 bits per heavy atom. The molecule has 0 aliphatic carbocycles. The van der Waals surface area contributed by atoms with Gasteiger partial charge in [-0.15, -0.1) is 22.7 Å². The summed E-state index contributed by atoms with van der Waals surface area (Å²) >= 11 is 2.85. The lowest BCUT2D eigenvalue weighted by atomic mass is 9.93. The second kappa shape index (κ2) is 16.1. The van der Waals surface area contributed by atoms with Gasteiger partial charge in [0.25, 0.3) is 5.69 Å². The minimum absolute atomic E-state index is 0.0157. The van der Waals surface area contributed by atoms with Crippen molar-refractivity contribution in [3.63, 3.8) is 0 Å².